The molecule has 0 aliphatic heterocycles. The van der Waals surface area contributed by atoms with Crippen molar-refractivity contribution in [3.8, 4) is 5.75 Å². The van der Waals surface area contributed by atoms with Gasteiger partial charge in [0.15, 0.2) is 5.78 Å². The molecule has 2 rings (SSSR count). The number of ketones is 1. The van der Waals surface area contributed by atoms with Gasteiger partial charge in [0, 0.05) is 23.4 Å². The molecule has 1 N–H and O–H groups in total. The monoisotopic (exact) mass is 378 g/mol. The van der Waals surface area contributed by atoms with Crippen molar-refractivity contribution in [3.63, 3.8) is 0 Å². The van der Waals surface area contributed by atoms with Crippen LogP contribution >= 0.6 is 15.9 Å². The average Bonchev–Trinajstić information content (AvgIpc) is 2.53. The highest BCUT2D eigenvalue weighted by atomic mass is 79.9. The van der Waals surface area contributed by atoms with E-state index >= 15 is 0 Å². The Bertz CT molecular complexity index is 762. The number of rotatable bonds is 6. The number of nitro benzene ring substituents is 1. The lowest BCUT2D eigenvalue weighted by Crippen LogP contribution is -2.14. The number of methoxy groups -OCH3 is 1. The van der Waals surface area contributed by atoms with Gasteiger partial charge < -0.3 is 10.1 Å². The third-order valence-corrected chi connectivity index (χ3v) is 3.96. The summed E-state index contributed by atoms with van der Waals surface area (Å²) in [6, 6.07) is 9.57. The summed E-state index contributed by atoms with van der Waals surface area (Å²) in [5.74, 6) is 0.517. The number of halogens is 1. The van der Waals surface area contributed by atoms with Gasteiger partial charge in [-0.1, -0.05) is 6.07 Å². The minimum atomic E-state index is -0.465. The van der Waals surface area contributed by atoms with Gasteiger partial charge in [-0.25, -0.2) is 0 Å². The van der Waals surface area contributed by atoms with E-state index in [1.807, 2.05) is 6.92 Å². The van der Waals surface area contributed by atoms with Gasteiger partial charge in [-0.05, 0) is 46.6 Å². The van der Waals surface area contributed by atoms with E-state index in [0.717, 1.165) is 5.56 Å². The van der Waals surface area contributed by atoms with Gasteiger partial charge in [-0.3, -0.25) is 14.9 Å². The van der Waals surface area contributed by atoms with Gasteiger partial charge in [0.2, 0.25) is 0 Å². The summed E-state index contributed by atoms with van der Waals surface area (Å²) in [5.41, 5.74) is 1.91. The van der Waals surface area contributed by atoms with Gasteiger partial charge in [0.05, 0.1) is 23.1 Å². The zero-order valence-corrected chi connectivity index (χ0v) is 14.2. The summed E-state index contributed by atoms with van der Waals surface area (Å²) in [4.78, 5) is 22.6. The molecule has 0 heterocycles. The van der Waals surface area contributed by atoms with Crippen LogP contribution in [0.5, 0.6) is 5.75 Å². The van der Waals surface area contributed by atoms with Crippen molar-refractivity contribution >= 4 is 33.1 Å². The first-order valence-corrected chi connectivity index (χ1v) is 7.57. The second-order valence-corrected chi connectivity index (χ2v) is 5.74. The Morgan fingerprint density at radius 1 is 1.30 bits per heavy atom. The fourth-order valence-electron chi connectivity index (χ4n) is 2.03. The molecule has 0 saturated heterocycles. The average molecular weight is 379 g/mol. The Labute approximate surface area is 141 Å². The number of nitrogens with zero attached hydrogens (tertiary/aromatic N) is 1. The number of Topliss-reactive ketones (excluding diaryl/α,β-unsaturated/α-hetero) is 1. The first-order chi connectivity index (χ1) is 10.9. The van der Waals surface area contributed by atoms with Crippen LogP contribution in [0.2, 0.25) is 0 Å². The van der Waals surface area contributed by atoms with E-state index < -0.39 is 4.92 Å². The van der Waals surface area contributed by atoms with Crippen LogP contribution in [-0.4, -0.2) is 24.4 Å². The number of carbonyl (C=O) groups excluding carboxylic acids is 1. The van der Waals surface area contributed by atoms with E-state index in [1.165, 1.54) is 12.1 Å². The third-order valence-electron chi connectivity index (χ3n) is 3.35. The molecular weight excluding hydrogens is 364 g/mol. The third kappa shape index (κ3) is 4.07. The van der Waals surface area contributed by atoms with E-state index in [4.69, 9.17) is 4.74 Å². The van der Waals surface area contributed by atoms with Crippen LogP contribution in [0.3, 0.4) is 0 Å². The molecule has 0 atom stereocenters. The Balaban J connectivity index is 2.11. The Hall–Kier alpha value is -2.41. The normalized spacial score (nSPS) is 10.2. The number of benzene rings is 2. The van der Waals surface area contributed by atoms with Gasteiger partial charge in [0.1, 0.15) is 5.75 Å². The van der Waals surface area contributed by atoms with Crippen LogP contribution in [-0.2, 0) is 0 Å². The first-order valence-electron chi connectivity index (χ1n) is 6.78. The molecule has 0 spiro atoms. The Kier molecular flexibility index (Phi) is 5.33. The lowest BCUT2D eigenvalue weighted by atomic mass is 10.1. The molecule has 0 radical (unpaired) electrons. The minimum absolute atomic E-state index is 0.0160. The topological polar surface area (TPSA) is 81.5 Å². The summed E-state index contributed by atoms with van der Waals surface area (Å²) in [6.07, 6.45) is 0. The highest BCUT2D eigenvalue weighted by Crippen LogP contribution is 2.26. The van der Waals surface area contributed by atoms with Crippen molar-refractivity contribution in [2.24, 2.45) is 0 Å². The van der Waals surface area contributed by atoms with E-state index in [0.29, 0.717) is 21.5 Å². The predicted octanol–water partition coefficient (Wildman–Crippen LogP) is 3.97. The lowest BCUT2D eigenvalue weighted by Gasteiger charge is -2.10. The molecule has 0 aliphatic rings. The maximum atomic E-state index is 12.2. The van der Waals surface area contributed by atoms with Crippen LogP contribution in [0.15, 0.2) is 40.9 Å². The lowest BCUT2D eigenvalue weighted by molar-refractivity contribution is -0.384. The van der Waals surface area contributed by atoms with Gasteiger partial charge >= 0.3 is 0 Å². The molecule has 0 saturated carbocycles. The summed E-state index contributed by atoms with van der Waals surface area (Å²) in [7, 11) is 1.55. The number of anilines is 1. The van der Waals surface area contributed by atoms with Gasteiger partial charge in [-0.15, -0.1) is 0 Å². The van der Waals surface area contributed by atoms with Crippen LogP contribution in [0.25, 0.3) is 0 Å². The van der Waals surface area contributed by atoms with E-state index in [1.54, 1.807) is 31.4 Å². The summed E-state index contributed by atoms with van der Waals surface area (Å²) in [6.45, 7) is 1.86. The molecule has 0 unspecified atom stereocenters. The molecular formula is C16H15BrN2O4. The van der Waals surface area contributed by atoms with E-state index in [-0.39, 0.29) is 18.0 Å². The number of non-ortho nitro benzene ring substituents is 1. The van der Waals surface area contributed by atoms with Crippen LogP contribution in [0, 0.1) is 17.0 Å². The first kappa shape index (κ1) is 17.0. The SMILES string of the molecule is COc1ccc(C(=O)CNc2cc([N+](=O)[O-])ccc2C)cc1Br. The molecule has 0 aromatic heterocycles. The molecule has 0 amide bonds. The Morgan fingerprint density at radius 3 is 2.65 bits per heavy atom. The summed E-state index contributed by atoms with van der Waals surface area (Å²) >= 11 is 3.34. The number of ether oxygens (including phenoxy) is 1. The van der Waals surface area contributed by atoms with Crippen LogP contribution < -0.4 is 10.1 Å². The largest absolute Gasteiger partial charge is 0.496 e. The molecule has 7 heteroatoms. The number of hydrogen-bond donors (Lipinski definition) is 1. The molecule has 0 aliphatic carbocycles. The van der Waals surface area contributed by atoms with Crippen molar-refractivity contribution in [2.75, 3.05) is 19.0 Å². The maximum absolute atomic E-state index is 12.2. The number of hydrogen-bond acceptors (Lipinski definition) is 5. The van der Waals surface area contributed by atoms with Gasteiger partial charge in [-0.2, -0.15) is 0 Å². The second-order valence-electron chi connectivity index (χ2n) is 4.88. The quantitative estimate of drug-likeness (QED) is 0.467. The standard InChI is InChI=1S/C16H15BrN2O4/c1-10-3-5-12(19(21)22)8-14(10)18-9-15(20)11-4-6-16(23-2)13(17)7-11/h3-8,18H,9H2,1-2H3. The van der Waals surface area contributed by atoms with E-state index in [2.05, 4.69) is 21.2 Å². The van der Waals surface area contributed by atoms with Crippen molar-refractivity contribution in [2.45, 2.75) is 6.92 Å². The smallest absolute Gasteiger partial charge is 0.271 e. The molecule has 2 aromatic rings. The summed E-state index contributed by atoms with van der Waals surface area (Å²) < 4.78 is 5.81. The van der Waals surface area contributed by atoms with Crippen molar-refractivity contribution in [3.05, 3.63) is 62.1 Å². The molecule has 23 heavy (non-hydrogen) atoms. The number of nitrogens with one attached hydrogen (secondary N) is 1. The molecule has 2 aromatic carbocycles. The fourth-order valence-corrected chi connectivity index (χ4v) is 2.57. The minimum Gasteiger partial charge on any atom is -0.496 e. The van der Waals surface area contributed by atoms with Crippen molar-refractivity contribution in [1.29, 1.82) is 0 Å². The number of nitro groups is 1. The Morgan fingerprint density at radius 2 is 2.04 bits per heavy atom. The van der Waals surface area contributed by atoms with Crippen molar-refractivity contribution < 1.29 is 14.5 Å². The molecule has 0 bridgehead atoms. The second kappa shape index (κ2) is 7.23. The maximum Gasteiger partial charge on any atom is 0.271 e. The van der Waals surface area contributed by atoms with Crippen LogP contribution in [0.1, 0.15) is 15.9 Å². The molecule has 120 valence electrons. The van der Waals surface area contributed by atoms with Crippen LogP contribution in [0.4, 0.5) is 11.4 Å². The number of carbonyl (C=O) groups is 1. The zero-order chi connectivity index (χ0) is 17.0. The van der Waals surface area contributed by atoms with E-state index in [9.17, 15) is 14.9 Å². The van der Waals surface area contributed by atoms with Crippen molar-refractivity contribution in [1.82, 2.24) is 0 Å². The highest BCUT2D eigenvalue weighted by molar-refractivity contribution is 9.10. The predicted molar refractivity (Wildman–Crippen MR) is 91.3 cm³/mol. The highest BCUT2D eigenvalue weighted by Gasteiger charge is 2.12. The fraction of sp³-hybridized carbons (Fsp3) is 0.188. The van der Waals surface area contributed by atoms with Gasteiger partial charge in [0.25, 0.3) is 5.69 Å². The zero-order valence-electron chi connectivity index (χ0n) is 12.6. The molecule has 6 nitrogen and oxygen atoms in total. The number of aryl methyl sites for hydroxylation is 1. The molecule has 0 fully saturated rings. The summed E-state index contributed by atoms with van der Waals surface area (Å²) in [5, 5.41) is 13.8.